The first-order chi connectivity index (χ1) is 12.2. The molecule has 0 radical (unpaired) electrons. The SMILES string of the molecule is CC(C)(C)OC(=O)NCC(=O)NC1C[C@@H](C(=O)O)N(C(=O)OC(C)(C)C)C1. The van der Waals surface area contributed by atoms with Gasteiger partial charge in [-0.15, -0.1) is 0 Å². The van der Waals surface area contributed by atoms with E-state index in [1.807, 2.05) is 0 Å². The maximum atomic E-state index is 12.2. The highest BCUT2D eigenvalue weighted by Gasteiger charge is 2.42. The monoisotopic (exact) mass is 387 g/mol. The van der Waals surface area contributed by atoms with Crippen LogP contribution in [0.3, 0.4) is 0 Å². The van der Waals surface area contributed by atoms with E-state index in [0.717, 1.165) is 4.90 Å². The van der Waals surface area contributed by atoms with Gasteiger partial charge >= 0.3 is 18.2 Å². The van der Waals surface area contributed by atoms with E-state index in [1.54, 1.807) is 41.5 Å². The molecule has 27 heavy (non-hydrogen) atoms. The molecule has 154 valence electrons. The van der Waals surface area contributed by atoms with Crippen molar-refractivity contribution in [3.63, 3.8) is 0 Å². The molecule has 2 atom stereocenters. The molecule has 10 nitrogen and oxygen atoms in total. The van der Waals surface area contributed by atoms with Gasteiger partial charge in [0, 0.05) is 19.0 Å². The molecule has 0 aromatic heterocycles. The molecule has 0 spiro atoms. The predicted molar refractivity (Wildman–Crippen MR) is 95.1 cm³/mol. The third-order valence-corrected chi connectivity index (χ3v) is 3.37. The number of nitrogens with zero attached hydrogens (tertiary/aromatic N) is 1. The zero-order valence-electron chi connectivity index (χ0n) is 16.6. The fraction of sp³-hybridized carbons (Fsp3) is 0.765. The Kier molecular flexibility index (Phi) is 7.05. The maximum absolute atomic E-state index is 12.2. The van der Waals surface area contributed by atoms with E-state index in [4.69, 9.17) is 9.47 Å². The summed E-state index contributed by atoms with van der Waals surface area (Å²) < 4.78 is 10.2. The van der Waals surface area contributed by atoms with Gasteiger partial charge < -0.3 is 25.2 Å². The van der Waals surface area contributed by atoms with Gasteiger partial charge in [0.2, 0.25) is 5.91 Å². The molecule has 0 aromatic carbocycles. The highest BCUT2D eigenvalue weighted by atomic mass is 16.6. The molecular formula is C17H29N3O7. The van der Waals surface area contributed by atoms with Crippen molar-refractivity contribution in [3.8, 4) is 0 Å². The van der Waals surface area contributed by atoms with Crippen LogP contribution in [0.1, 0.15) is 48.0 Å². The summed E-state index contributed by atoms with van der Waals surface area (Å²) in [4.78, 5) is 48.3. The van der Waals surface area contributed by atoms with Gasteiger partial charge in [-0.2, -0.15) is 0 Å². The molecule has 0 bridgehead atoms. The number of aliphatic carboxylic acids is 1. The molecule has 1 aliphatic heterocycles. The van der Waals surface area contributed by atoms with Crippen LogP contribution in [-0.4, -0.2) is 70.4 Å². The molecule has 1 unspecified atom stereocenters. The minimum absolute atomic E-state index is 0.00403. The number of hydrogen-bond acceptors (Lipinski definition) is 6. The molecule has 1 aliphatic rings. The van der Waals surface area contributed by atoms with Gasteiger partial charge in [0.05, 0.1) is 0 Å². The summed E-state index contributed by atoms with van der Waals surface area (Å²) >= 11 is 0. The maximum Gasteiger partial charge on any atom is 0.411 e. The number of nitrogens with one attached hydrogen (secondary N) is 2. The number of likely N-dealkylation sites (tertiary alicyclic amines) is 1. The lowest BCUT2D eigenvalue weighted by Crippen LogP contribution is -2.45. The number of carbonyl (C=O) groups excluding carboxylic acids is 3. The largest absolute Gasteiger partial charge is 0.480 e. The Hall–Kier alpha value is -2.52. The van der Waals surface area contributed by atoms with Crippen LogP contribution in [0.2, 0.25) is 0 Å². The number of carboxylic acid groups (broad SMARTS) is 1. The van der Waals surface area contributed by atoms with E-state index in [-0.39, 0.29) is 19.5 Å². The Morgan fingerprint density at radius 2 is 1.59 bits per heavy atom. The van der Waals surface area contributed by atoms with Gasteiger partial charge in [-0.25, -0.2) is 14.4 Å². The van der Waals surface area contributed by atoms with Crippen molar-refractivity contribution < 1.29 is 33.8 Å². The Balaban J connectivity index is 2.59. The second kappa shape index (κ2) is 8.45. The van der Waals surface area contributed by atoms with Crippen molar-refractivity contribution in [1.29, 1.82) is 0 Å². The van der Waals surface area contributed by atoms with Crippen LogP contribution < -0.4 is 10.6 Å². The van der Waals surface area contributed by atoms with Crippen LogP contribution in [-0.2, 0) is 19.1 Å². The zero-order chi connectivity index (χ0) is 21.0. The zero-order valence-corrected chi connectivity index (χ0v) is 16.6. The van der Waals surface area contributed by atoms with E-state index in [1.165, 1.54) is 0 Å². The summed E-state index contributed by atoms with van der Waals surface area (Å²) in [5.41, 5.74) is -1.45. The normalized spacial score (nSPS) is 20.0. The van der Waals surface area contributed by atoms with Crippen molar-refractivity contribution in [2.24, 2.45) is 0 Å². The summed E-state index contributed by atoms with van der Waals surface area (Å²) in [6.45, 7) is 9.81. The first kappa shape index (κ1) is 22.5. The molecule has 1 rings (SSSR count). The fourth-order valence-electron chi connectivity index (χ4n) is 2.44. The average Bonchev–Trinajstić information content (AvgIpc) is 2.85. The van der Waals surface area contributed by atoms with Gasteiger partial charge in [0.25, 0.3) is 0 Å². The number of ether oxygens (including phenoxy) is 2. The van der Waals surface area contributed by atoms with E-state index < -0.39 is 47.3 Å². The van der Waals surface area contributed by atoms with E-state index >= 15 is 0 Å². The van der Waals surface area contributed by atoms with Crippen LogP contribution in [0.5, 0.6) is 0 Å². The van der Waals surface area contributed by atoms with Crippen LogP contribution in [0.15, 0.2) is 0 Å². The van der Waals surface area contributed by atoms with Gasteiger partial charge in [-0.1, -0.05) is 0 Å². The lowest BCUT2D eigenvalue weighted by Gasteiger charge is -2.26. The molecule has 1 heterocycles. The fourth-order valence-corrected chi connectivity index (χ4v) is 2.44. The number of amides is 3. The molecule has 10 heteroatoms. The Morgan fingerprint density at radius 3 is 2.07 bits per heavy atom. The number of carboxylic acids is 1. The van der Waals surface area contributed by atoms with Crippen LogP contribution in [0, 0.1) is 0 Å². The Bertz CT molecular complexity index is 592. The standard InChI is InChI=1S/C17H29N3O7/c1-16(2,3)26-14(24)18-8-12(21)19-10-7-11(13(22)23)20(9-10)15(25)27-17(4,5)6/h10-11H,7-9H2,1-6H3,(H,18,24)(H,19,21)(H,22,23)/t10?,11-/m0/s1. The van der Waals surface area contributed by atoms with Crippen molar-refractivity contribution in [2.45, 2.75) is 71.2 Å². The van der Waals surface area contributed by atoms with Gasteiger partial charge in [-0.3, -0.25) is 9.69 Å². The number of hydrogen-bond donors (Lipinski definition) is 3. The van der Waals surface area contributed by atoms with Crippen LogP contribution in [0.25, 0.3) is 0 Å². The first-order valence-electron chi connectivity index (χ1n) is 8.66. The summed E-state index contributed by atoms with van der Waals surface area (Å²) in [6.07, 6.45) is -1.44. The lowest BCUT2D eigenvalue weighted by molar-refractivity contribution is -0.142. The van der Waals surface area contributed by atoms with Gasteiger partial charge in [-0.05, 0) is 41.5 Å². The third-order valence-electron chi connectivity index (χ3n) is 3.37. The summed E-state index contributed by atoms with van der Waals surface area (Å²) in [5, 5.41) is 14.3. The van der Waals surface area contributed by atoms with E-state index in [9.17, 15) is 24.3 Å². The van der Waals surface area contributed by atoms with Gasteiger partial charge in [0.1, 0.15) is 23.8 Å². The summed E-state index contributed by atoms with van der Waals surface area (Å²) in [6, 6.07) is -1.66. The third kappa shape index (κ3) is 8.14. The van der Waals surface area contributed by atoms with Crippen LogP contribution in [0.4, 0.5) is 9.59 Å². The Morgan fingerprint density at radius 1 is 1.04 bits per heavy atom. The van der Waals surface area contributed by atoms with Gasteiger partial charge in [0.15, 0.2) is 0 Å². The van der Waals surface area contributed by atoms with Crippen molar-refractivity contribution in [2.75, 3.05) is 13.1 Å². The molecule has 0 aliphatic carbocycles. The van der Waals surface area contributed by atoms with Crippen LogP contribution >= 0.6 is 0 Å². The van der Waals surface area contributed by atoms with Crippen molar-refractivity contribution in [3.05, 3.63) is 0 Å². The minimum atomic E-state index is -1.18. The molecule has 3 N–H and O–H groups in total. The molecule has 1 saturated heterocycles. The van der Waals surface area contributed by atoms with Crippen molar-refractivity contribution in [1.82, 2.24) is 15.5 Å². The molecule has 1 fully saturated rings. The number of carbonyl (C=O) groups is 4. The van der Waals surface area contributed by atoms with E-state index in [2.05, 4.69) is 10.6 Å². The molecule has 3 amide bonds. The molecule has 0 saturated carbocycles. The summed E-state index contributed by atoms with van der Waals surface area (Å²) in [5.74, 6) is -1.69. The topological polar surface area (TPSA) is 134 Å². The molecule has 0 aromatic rings. The highest BCUT2D eigenvalue weighted by molar-refractivity contribution is 5.84. The number of alkyl carbamates (subject to hydrolysis) is 1. The summed E-state index contributed by atoms with van der Waals surface area (Å²) in [7, 11) is 0. The first-order valence-corrected chi connectivity index (χ1v) is 8.66. The smallest absolute Gasteiger partial charge is 0.411 e. The quantitative estimate of drug-likeness (QED) is 0.657. The van der Waals surface area contributed by atoms with Crippen molar-refractivity contribution >= 4 is 24.1 Å². The average molecular weight is 387 g/mol. The Labute approximate surface area is 158 Å². The predicted octanol–water partition coefficient (Wildman–Crippen LogP) is 1.09. The lowest BCUT2D eigenvalue weighted by atomic mass is 10.1. The second-order valence-corrected chi connectivity index (χ2v) is 8.34. The highest BCUT2D eigenvalue weighted by Crippen LogP contribution is 2.21. The minimum Gasteiger partial charge on any atom is -0.480 e. The molecular weight excluding hydrogens is 358 g/mol. The van der Waals surface area contributed by atoms with E-state index in [0.29, 0.717) is 0 Å². The second-order valence-electron chi connectivity index (χ2n) is 8.34. The number of rotatable bonds is 4.